The molecule has 5 N–H and O–H groups in total. The molecule has 2 aromatic heterocycles. The number of ether oxygens (including phenoxy) is 3. The maximum Gasteiger partial charge on any atom is 0.416 e. The van der Waals surface area contributed by atoms with Crippen LogP contribution in [0.15, 0.2) is 49.1 Å². The number of rotatable bonds is 22. The van der Waals surface area contributed by atoms with E-state index in [4.69, 9.17) is 14.2 Å². The van der Waals surface area contributed by atoms with E-state index in [-0.39, 0.29) is 102 Å². The van der Waals surface area contributed by atoms with E-state index in [0.717, 1.165) is 24.1 Å². The van der Waals surface area contributed by atoms with E-state index in [9.17, 15) is 37.1 Å². The predicted molar refractivity (Wildman–Crippen MR) is 261 cm³/mol. The molecule has 2 aliphatic carbocycles. The first kappa shape index (κ1) is 54.3. The molecule has 72 heavy (non-hydrogen) atoms. The average Bonchev–Trinajstić information content (AvgIpc) is 3.88. The van der Waals surface area contributed by atoms with Gasteiger partial charge in [0, 0.05) is 73.8 Å². The summed E-state index contributed by atoms with van der Waals surface area (Å²) in [6, 6.07) is 5.38. The van der Waals surface area contributed by atoms with Gasteiger partial charge in [-0.3, -0.25) is 29.0 Å². The summed E-state index contributed by atoms with van der Waals surface area (Å²) in [5, 5.41) is 16.3. The lowest BCUT2D eigenvalue weighted by Gasteiger charge is -2.43. The number of hydrogen-bond donors (Lipinski definition) is 5. The third kappa shape index (κ3) is 14.6. The molecule has 7 rings (SSSR count). The summed E-state index contributed by atoms with van der Waals surface area (Å²) in [4.78, 5) is 82.4. The summed E-state index contributed by atoms with van der Waals surface area (Å²) in [5.74, 6) is -1.20. The number of aromatic nitrogens is 3. The fraction of sp³-hybridized carbons (Fsp3) is 0.647. The van der Waals surface area contributed by atoms with E-state index >= 15 is 0 Å². The second kappa shape index (κ2) is 24.9. The Hall–Kier alpha value is -5.51. The van der Waals surface area contributed by atoms with Gasteiger partial charge in [0.15, 0.2) is 0 Å². The molecule has 0 radical (unpaired) electrons. The number of anilines is 1. The van der Waals surface area contributed by atoms with Crippen LogP contribution >= 0.6 is 0 Å². The molecule has 5 amide bonds. The highest BCUT2D eigenvalue weighted by atomic mass is 19.4. The molecule has 0 unspecified atom stereocenters. The number of likely N-dealkylation sites (tertiary alicyclic amines) is 2. The van der Waals surface area contributed by atoms with Crippen LogP contribution < -0.4 is 26.6 Å². The second-order valence-corrected chi connectivity index (χ2v) is 20.3. The van der Waals surface area contributed by atoms with Gasteiger partial charge in [-0.05, 0) is 109 Å². The molecule has 6 atom stereocenters. The van der Waals surface area contributed by atoms with Crippen molar-refractivity contribution < 1.29 is 51.4 Å². The Labute approximate surface area is 419 Å². The van der Waals surface area contributed by atoms with Crippen molar-refractivity contribution in [2.45, 2.75) is 140 Å². The van der Waals surface area contributed by atoms with Gasteiger partial charge >= 0.3 is 6.18 Å². The Kier molecular flexibility index (Phi) is 18.8. The lowest BCUT2D eigenvalue weighted by molar-refractivity contribution is -0.137. The molecule has 0 bridgehead atoms. The van der Waals surface area contributed by atoms with Crippen LogP contribution in [0, 0.1) is 11.8 Å². The van der Waals surface area contributed by atoms with Crippen molar-refractivity contribution in [3.63, 3.8) is 0 Å². The van der Waals surface area contributed by atoms with Gasteiger partial charge in [-0.25, -0.2) is 9.97 Å². The molecular weight excluding hydrogens is 938 g/mol. The van der Waals surface area contributed by atoms with Crippen molar-refractivity contribution in [3.8, 4) is 0 Å². The minimum Gasteiger partial charge on any atom is -0.379 e. The zero-order valence-corrected chi connectivity index (χ0v) is 41.8. The highest BCUT2D eigenvalue weighted by molar-refractivity contribution is 5.93. The molecule has 2 aliphatic heterocycles. The second-order valence-electron chi connectivity index (χ2n) is 20.3. The van der Waals surface area contributed by atoms with Crippen molar-refractivity contribution in [2.75, 3.05) is 64.6 Å². The summed E-state index contributed by atoms with van der Waals surface area (Å²) < 4.78 is 57.6. The smallest absolute Gasteiger partial charge is 0.379 e. The van der Waals surface area contributed by atoms with E-state index in [1.165, 1.54) is 12.4 Å². The number of nitrogens with one attached hydrogen (secondary N) is 5. The largest absolute Gasteiger partial charge is 0.416 e. The molecule has 4 heterocycles. The maximum absolute atomic E-state index is 14.0. The molecule has 2 saturated carbocycles. The number of hydrogen-bond acceptors (Lipinski definition) is 13. The van der Waals surface area contributed by atoms with Crippen LogP contribution in [-0.4, -0.2) is 149 Å². The average molecular weight is 1010 g/mol. The number of carbonyl (C=O) groups excluding carboxylic acids is 5. The standard InChI is InChI=1S/C51H71F3N10O8/c1-5-63-44(66)29-38(45(63)33-7-6-18-55-30-33)48(68)56-19-22-71-24-26-72-25-23-70-21-17-43(65)59-35-11-8-32(9-12-35)47(67)61-41-28-36(62-50(2,3)4)13-15-42(41)64-20-16-40(49(64)69)60-46-37-27-34(51(52,53)54)10-14-39(37)57-31-58-46/h6-7,10,14,18,27,30-32,35-36,38,40-42,45,62H,5,8-9,11-13,15-17,19-26,28-29H2,1-4H3,(H,56,68)(H,59,65)(H,61,67)(H,57,58,60)/t32?,35?,36-,38+,40+,41-,42+,45-/m1/s1. The van der Waals surface area contributed by atoms with Gasteiger partial charge < -0.3 is 50.6 Å². The van der Waals surface area contributed by atoms with Crippen LogP contribution in [0.2, 0.25) is 0 Å². The molecule has 394 valence electrons. The number of amides is 5. The van der Waals surface area contributed by atoms with Crippen LogP contribution in [0.5, 0.6) is 0 Å². The Morgan fingerprint density at radius 1 is 0.833 bits per heavy atom. The number of fused-ring (bicyclic) bond motifs is 1. The van der Waals surface area contributed by atoms with Gasteiger partial charge in [0.1, 0.15) is 18.2 Å². The van der Waals surface area contributed by atoms with Gasteiger partial charge in [0.05, 0.1) is 74.8 Å². The van der Waals surface area contributed by atoms with E-state index < -0.39 is 23.7 Å². The number of pyridine rings is 1. The monoisotopic (exact) mass is 1010 g/mol. The molecule has 1 aromatic carbocycles. The Bertz CT molecular complexity index is 2310. The first-order chi connectivity index (χ1) is 34.5. The summed E-state index contributed by atoms with van der Waals surface area (Å²) >= 11 is 0. The van der Waals surface area contributed by atoms with Gasteiger partial charge in [-0.2, -0.15) is 13.2 Å². The van der Waals surface area contributed by atoms with Gasteiger partial charge in [0.2, 0.25) is 29.5 Å². The fourth-order valence-corrected chi connectivity index (χ4v) is 10.7. The molecule has 0 spiro atoms. The normalized spacial score (nSPS) is 24.9. The Morgan fingerprint density at radius 3 is 2.25 bits per heavy atom. The van der Waals surface area contributed by atoms with Crippen LogP contribution in [0.3, 0.4) is 0 Å². The topological polar surface area (TPSA) is 218 Å². The van der Waals surface area contributed by atoms with Gasteiger partial charge in [0.25, 0.3) is 0 Å². The third-order valence-electron chi connectivity index (χ3n) is 14.1. The van der Waals surface area contributed by atoms with Crippen molar-refractivity contribution in [1.29, 1.82) is 0 Å². The van der Waals surface area contributed by atoms with Crippen LogP contribution in [0.1, 0.15) is 109 Å². The number of nitrogens with zero attached hydrogens (tertiary/aromatic N) is 5. The zero-order chi connectivity index (χ0) is 51.4. The molecule has 18 nitrogen and oxygen atoms in total. The molecule has 3 aromatic rings. The molecular formula is C51H71F3N10O8. The van der Waals surface area contributed by atoms with Crippen molar-refractivity contribution in [3.05, 3.63) is 60.2 Å². The fourth-order valence-electron chi connectivity index (χ4n) is 10.7. The molecule has 21 heteroatoms. The lowest BCUT2D eigenvalue weighted by Crippen LogP contribution is -2.60. The minimum absolute atomic E-state index is 0.0518. The van der Waals surface area contributed by atoms with Crippen molar-refractivity contribution in [2.24, 2.45) is 11.8 Å². The van der Waals surface area contributed by atoms with Gasteiger partial charge in [-0.15, -0.1) is 0 Å². The third-order valence-corrected chi connectivity index (χ3v) is 14.1. The van der Waals surface area contributed by atoms with Crippen molar-refractivity contribution >= 4 is 46.3 Å². The molecule has 4 fully saturated rings. The first-order valence-electron chi connectivity index (χ1n) is 25.5. The highest BCUT2D eigenvalue weighted by Crippen LogP contribution is 2.38. The summed E-state index contributed by atoms with van der Waals surface area (Å²) in [7, 11) is 0. The van der Waals surface area contributed by atoms with E-state index in [2.05, 4.69) is 62.3 Å². The van der Waals surface area contributed by atoms with Crippen LogP contribution in [0.4, 0.5) is 19.0 Å². The maximum atomic E-state index is 14.0. The summed E-state index contributed by atoms with van der Waals surface area (Å²) in [5.41, 5.74) is 0.176. The quantitative estimate of drug-likeness (QED) is 0.0865. The first-order valence-corrected chi connectivity index (χ1v) is 25.5. The predicted octanol–water partition coefficient (Wildman–Crippen LogP) is 4.69. The zero-order valence-electron chi connectivity index (χ0n) is 41.8. The summed E-state index contributed by atoms with van der Waals surface area (Å²) in [6.45, 7) is 11.2. The SMILES string of the molecule is CCN1C(=O)C[C@H](C(=O)NCCOCCOCCOCCC(=O)NC2CCC(C(=O)N[C@@H]3C[C@H](NC(C)(C)C)CC[C@@H]3N3CC[C@H](Nc4ncnc5ccc(C(F)(F)F)cc45)C3=O)CC2)[C@H]1c1cccnc1. The van der Waals surface area contributed by atoms with Crippen LogP contribution in [0.25, 0.3) is 10.9 Å². The lowest BCUT2D eigenvalue weighted by atomic mass is 9.82. The number of benzene rings is 1. The van der Waals surface area contributed by atoms with Crippen molar-refractivity contribution in [1.82, 2.24) is 46.0 Å². The molecule has 2 saturated heterocycles. The number of carbonyl (C=O) groups is 5. The van der Waals surface area contributed by atoms with E-state index in [1.54, 1.807) is 23.4 Å². The highest BCUT2D eigenvalue weighted by Gasteiger charge is 2.45. The van der Waals surface area contributed by atoms with E-state index in [0.29, 0.717) is 103 Å². The molecule has 4 aliphatic rings. The Balaban J connectivity index is 0.771. The number of halogens is 3. The van der Waals surface area contributed by atoms with Crippen LogP contribution in [-0.2, 0) is 44.4 Å². The van der Waals surface area contributed by atoms with E-state index in [1.807, 2.05) is 17.9 Å². The summed E-state index contributed by atoms with van der Waals surface area (Å²) in [6.07, 6.45) is 5.45. The number of alkyl halides is 3. The Morgan fingerprint density at radius 2 is 1.56 bits per heavy atom. The minimum atomic E-state index is -4.55. The van der Waals surface area contributed by atoms with Gasteiger partial charge in [-0.1, -0.05) is 6.07 Å².